The molecule has 2 nitrogen and oxygen atoms in total. The van der Waals surface area contributed by atoms with E-state index in [9.17, 15) is 4.79 Å². The summed E-state index contributed by atoms with van der Waals surface area (Å²) >= 11 is 12.1. The standard InChI is InChI=1S/C30H42Cl2O2/c1-2-3-4-5-6-7-8-9-10-11-12-13-14-15-30(33)34-24-29(25-16-20-27(31)21-17-25)26-18-22-28(32)23-19-26/h16-23,29H,2-15,24H2,1H3. The lowest BCUT2D eigenvalue weighted by molar-refractivity contribution is -0.144. The number of hydrogen-bond donors (Lipinski definition) is 0. The van der Waals surface area contributed by atoms with Crippen LogP contribution in [0.5, 0.6) is 0 Å². The Hall–Kier alpha value is -1.51. The molecule has 0 saturated heterocycles. The topological polar surface area (TPSA) is 26.3 Å². The van der Waals surface area contributed by atoms with Gasteiger partial charge in [-0.3, -0.25) is 4.79 Å². The third-order valence-electron chi connectivity index (χ3n) is 6.44. The van der Waals surface area contributed by atoms with Crippen LogP contribution in [0.4, 0.5) is 0 Å². The van der Waals surface area contributed by atoms with Gasteiger partial charge in [0.1, 0.15) is 6.61 Å². The van der Waals surface area contributed by atoms with Crippen LogP contribution in [0.1, 0.15) is 114 Å². The van der Waals surface area contributed by atoms with Crippen molar-refractivity contribution < 1.29 is 9.53 Å². The fraction of sp³-hybridized carbons (Fsp3) is 0.567. The third-order valence-corrected chi connectivity index (χ3v) is 6.94. The summed E-state index contributed by atoms with van der Waals surface area (Å²) in [6.07, 6.45) is 17.4. The Balaban J connectivity index is 1.60. The number of hydrogen-bond acceptors (Lipinski definition) is 2. The summed E-state index contributed by atoms with van der Waals surface area (Å²) in [7, 11) is 0. The molecule has 0 fully saturated rings. The summed E-state index contributed by atoms with van der Waals surface area (Å²) in [5.41, 5.74) is 2.14. The van der Waals surface area contributed by atoms with Crippen LogP contribution in [0.2, 0.25) is 10.0 Å². The van der Waals surface area contributed by atoms with E-state index in [0.717, 1.165) is 24.0 Å². The summed E-state index contributed by atoms with van der Waals surface area (Å²) in [6.45, 7) is 2.59. The lowest BCUT2D eigenvalue weighted by Crippen LogP contribution is -2.14. The second-order valence-corrected chi connectivity index (χ2v) is 10.2. The Kier molecular flexibility index (Phi) is 15.1. The summed E-state index contributed by atoms with van der Waals surface area (Å²) in [5, 5.41) is 1.39. The predicted octanol–water partition coefficient (Wildman–Crippen LogP) is 10.1. The van der Waals surface area contributed by atoms with E-state index < -0.39 is 0 Å². The maximum absolute atomic E-state index is 12.4. The quantitative estimate of drug-likeness (QED) is 0.149. The van der Waals surface area contributed by atoms with Crippen molar-refractivity contribution >= 4 is 29.2 Å². The van der Waals surface area contributed by atoms with Gasteiger partial charge in [-0.25, -0.2) is 0 Å². The third kappa shape index (κ3) is 12.3. The molecule has 34 heavy (non-hydrogen) atoms. The molecule has 0 aromatic heterocycles. The number of rotatable bonds is 18. The number of esters is 1. The highest BCUT2D eigenvalue weighted by atomic mass is 35.5. The van der Waals surface area contributed by atoms with Crippen molar-refractivity contribution in [3.63, 3.8) is 0 Å². The van der Waals surface area contributed by atoms with E-state index in [1.54, 1.807) is 0 Å². The first-order valence-corrected chi connectivity index (χ1v) is 14.0. The number of halogens is 2. The summed E-state index contributed by atoms with van der Waals surface area (Å²) < 4.78 is 5.68. The second-order valence-electron chi connectivity index (χ2n) is 9.33. The van der Waals surface area contributed by atoms with E-state index in [4.69, 9.17) is 27.9 Å². The first-order chi connectivity index (χ1) is 16.6. The molecule has 0 radical (unpaired) electrons. The van der Waals surface area contributed by atoms with Gasteiger partial charge in [-0.05, 0) is 41.8 Å². The Morgan fingerprint density at radius 3 is 1.44 bits per heavy atom. The second kappa shape index (κ2) is 17.9. The molecule has 0 saturated carbocycles. The van der Waals surface area contributed by atoms with E-state index in [1.165, 1.54) is 70.6 Å². The Bertz CT molecular complexity index is 741. The summed E-state index contributed by atoms with van der Waals surface area (Å²) in [6, 6.07) is 15.4. The number of carbonyl (C=O) groups is 1. The molecule has 2 aromatic carbocycles. The Morgan fingerprint density at radius 2 is 1.03 bits per heavy atom. The molecule has 0 unspecified atom stereocenters. The summed E-state index contributed by atoms with van der Waals surface area (Å²) in [4.78, 5) is 12.4. The molecule has 0 spiro atoms. The van der Waals surface area contributed by atoms with Crippen LogP contribution in [0.25, 0.3) is 0 Å². The molecule has 0 atom stereocenters. The van der Waals surface area contributed by atoms with Crippen LogP contribution >= 0.6 is 23.2 Å². The first-order valence-electron chi connectivity index (χ1n) is 13.3. The molecule has 0 N–H and O–H groups in total. The highest BCUT2D eigenvalue weighted by molar-refractivity contribution is 6.30. The molecule has 0 aliphatic rings. The van der Waals surface area contributed by atoms with E-state index in [0.29, 0.717) is 23.1 Å². The minimum absolute atomic E-state index is 0.0369. The van der Waals surface area contributed by atoms with Crippen LogP contribution in [-0.2, 0) is 9.53 Å². The largest absolute Gasteiger partial charge is 0.465 e. The fourth-order valence-corrected chi connectivity index (χ4v) is 4.56. The monoisotopic (exact) mass is 504 g/mol. The van der Waals surface area contributed by atoms with Gasteiger partial charge in [0, 0.05) is 22.4 Å². The highest BCUT2D eigenvalue weighted by Crippen LogP contribution is 2.27. The van der Waals surface area contributed by atoms with Gasteiger partial charge in [-0.2, -0.15) is 0 Å². The maximum Gasteiger partial charge on any atom is 0.305 e. The molecule has 4 heteroatoms. The van der Waals surface area contributed by atoms with E-state index in [2.05, 4.69) is 6.92 Å². The average Bonchev–Trinajstić information content (AvgIpc) is 2.84. The minimum Gasteiger partial charge on any atom is -0.465 e. The van der Waals surface area contributed by atoms with Crippen LogP contribution in [0, 0.1) is 0 Å². The Morgan fingerprint density at radius 1 is 0.647 bits per heavy atom. The molecule has 0 aliphatic carbocycles. The maximum atomic E-state index is 12.4. The molecular formula is C30H42Cl2O2. The van der Waals surface area contributed by atoms with Gasteiger partial charge in [0.25, 0.3) is 0 Å². The van der Waals surface area contributed by atoms with Crippen LogP contribution < -0.4 is 0 Å². The first kappa shape index (κ1) is 28.7. The van der Waals surface area contributed by atoms with Gasteiger partial charge in [0.15, 0.2) is 0 Å². The minimum atomic E-state index is -0.115. The van der Waals surface area contributed by atoms with Crippen LogP contribution in [0.3, 0.4) is 0 Å². The Labute approximate surface area is 217 Å². The lowest BCUT2D eigenvalue weighted by Gasteiger charge is -2.18. The van der Waals surface area contributed by atoms with Crippen molar-refractivity contribution in [2.75, 3.05) is 6.61 Å². The van der Waals surface area contributed by atoms with Gasteiger partial charge in [-0.15, -0.1) is 0 Å². The van der Waals surface area contributed by atoms with Crippen molar-refractivity contribution in [2.24, 2.45) is 0 Å². The predicted molar refractivity (Wildman–Crippen MR) is 146 cm³/mol. The average molecular weight is 506 g/mol. The SMILES string of the molecule is CCCCCCCCCCCCCCCC(=O)OCC(c1ccc(Cl)cc1)c1ccc(Cl)cc1. The van der Waals surface area contributed by atoms with E-state index in [1.807, 2.05) is 48.5 Å². The molecule has 188 valence electrons. The highest BCUT2D eigenvalue weighted by Gasteiger charge is 2.17. The zero-order valence-corrected chi connectivity index (χ0v) is 22.4. The van der Waals surface area contributed by atoms with Crippen molar-refractivity contribution in [3.8, 4) is 0 Å². The molecule has 2 aromatic rings. The number of benzene rings is 2. The number of ether oxygens (including phenoxy) is 1. The molecule has 0 aliphatic heterocycles. The fourth-order valence-electron chi connectivity index (χ4n) is 4.31. The number of carbonyl (C=O) groups excluding carboxylic acids is 1. The zero-order chi connectivity index (χ0) is 24.4. The van der Waals surface area contributed by atoms with Gasteiger partial charge >= 0.3 is 5.97 Å². The lowest BCUT2D eigenvalue weighted by atomic mass is 9.92. The van der Waals surface area contributed by atoms with Crippen molar-refractivity contribution in [1.29, 1.82) is 0 Å². The summed E-state index contributed by atoms with van der Waals surface area (Å²) in [5.74, 6) is -0.152. The van der Waals surface area contributed by atoms with Crippen LogP contribution in [0.15, 0.2) is 48.5 Å². The van der Waals surface area contributed by atoms with Crippen LogP contribution in [-0.4, -0.2) is 12.6 Å². The van der Waals surface area contributed by atoms with Gasteiger partial charge < -0.3 is 4.74 Å². The smallest absolute Gasteiger partial charge is 0.305 e. The number of unbranched alkanes of at least 4 members (excludes halogenated alkanes) is 12. The van der Waals surface area contributed by atoms with Crippen molar-refractivity contribution in [3.05, 3.63) is 69.7 Å². The molecular weight excluding hydrogens is 463 g/mol. The normalized spacial score (nSPS) is 11.2. The van der Waals surface area contributed by atoms with E-state index >= 15 is 0 Å². The molecule has 2 rings (SSSR count). The van der Waals surface area contributed by atoms with Gasteiger partial charge in [0.2, 0.25) is 0 Å². The van der Waals surface area contributed by atoms with Crippen molar-refractivity contribution in [2.45, 2.75) is 103 Å². The van der Waals surface area contributed by atoms with Crippen molar-refractivity contribution in [1.82, 2.24) is 0 Å². The molecule has 0 amide bonds. The van der Waals surface area contributed by atoms with Gasteiger partial charge in [-0.1, -0.05) is 131 Å². The molecule has 0 bridgehead atoms. The van der Waals surface area contributed by atoms with Gasteiger partial charge in [0.05, 0.1) is 0 Å². The zero-order valence-electron chi connectivity index (χ0n) is 20.9. The van der Waals surface area contributed by atoms with E-state index in [-0.39, 0.29) is 11.9 Å². The molecule has 0 heterocycles.